The second-order valence-electron chi connectivity index (χ2n) is 6.11. The molecular weight excluding hydrogens is 336 g/mol. The fourth-order valence-corrected chi connectivity index (χ4v) is 2.99. The molecule has 130 valence electrons. The van der Waals surface area contributed by atoms with E-state index in [4.69, 9.17) is 4.52 Å². The summed E-state index contributed by atoms with van der Waals surface area (Å²) >= 11 is 1.45. The topological polar surface area (TPSA) is 80.9 Å². The summed E-state index contributed by atoms with van der Waals surface area (Å²) in [5.41, 5.74) is 2.17. The molecule has 3 rings (SSSR count). The van der Waals surface area contributed by atoms with Crippen molar-refractivity contribution in [3.8, 4) is 11.4 Å². The van der Waals surface area contributed by atoms with Crippen LogP contribution in [0, 0.1) is 6.92 Å². The number of aryl methyl sites for hydroxylation is 2. The van der Waals surface area contributed by atoms with Crippen LogP contribution in [0.5, 0.6) is 0 Å². The molecule has 0 atom stereocenters. The lowest BCUT2D eigenvalue weighted by Gasteiger charge is -2.04. The molecular formula is C18H20N4O2S. The van der Waals surface area contributed by atoms with Gasteiger partial charge in [-0.1, -0.05) is 43.3 Å². The predicted octanol–water partition coefficient (Wildman–Crippen LogP) is 4.20. The molecule has 0 fully saturated rings. The highest BCUT2D eigenvalue weighted by atomic mass is 32.1. The lowest BCUT2D eigenvalue weighted by Crippen LogP contribution is -2.12. The van der Waals surface area contributed by atoms with Gasteiger partial charge in [0.1, 0.15) is 0 Å². The van der Waals surface area contributed by atoms with Crippen molar-refractivity contribution in [2.45, 2.75) is 39.5 Å². The third-order valence-electron chi connectivity index (χ3n) is 3.74. The summed E-state index contributed by atoms with van der Waals surface area (Å²) in [6.45, 7) is 6.25. The molecule has 0 bridgehead atoms. The van der Waals surface area contributed by atoms with Crippen molar-refractivity contribution in [1.82, 2.24) is 15.1 Å². The van der Waals surface area contributed by atoms with Crippen LogP contribution in [0.3, 0.4) is 0 Å². The summed E-state index contributed by atoms with van der Waals surface area (Å²) in [4.78, 5) is 21.5. The maximum Gasteiger partial charge on any atom is 0.227 e. The van der Waals surface area contributed by atoms with Crippen molar-refractivity contribution >= 4 is 22.4 Å². The number of benzene rings is 1. The molecule has 25 heavy (non-hydrogen) atoms. The van der Waals surface area contributed by atoms with E-state index < -0.39 is 0 Å². The highest BCUT2D eigenvalue weighted by Crippen LogP contribution is 2.21. The van der Waals surface area contributed by atoms with Crippen molar-refractivity contribution in [1.29, 1.82) is 0 Å². The molecule has 0 radical (unpaired) electrons. The van der Waals surface area contributed by atoms with E-state index >= 15 is 0 Å². The zero-order valence-electron chi connectivity index (χ0n) is 14.4. The number of thiazole rings is 1. The van der Waals surface area contributed by atoms with E-state index in [1.54, 1.807) is 6.20 Å². The number of hydrogen-bond acceptors (Lipinski definition) is 6. The Balaban J connectivity index is 1.57. The van der Waals surface area contributed by atoms with Crippen LogP contribution in [0.2, 0.25) is 0 Å². The maximum atomic E-state index is 11.9. The van der Waals surface area contributed by atoms with E-state index in [-0.39, 0.29) is 12.3 Å². The molecule has 0 saturated heterocycles. The molecule has 1 amide bonds. The van der Waals surface area contributed by atoms with Gasteiger partial charge in [0.15, 0.2) is 5.13 Å². The fraction of sp³-hybridized carbons (Fsp3) is 0.333. The van der Waals surface area contributed by atoms with Crippen molar-refractivity contribution in [2.75, 3.05) is 5.32 Å². The SMILES string of the molecule is Cc1cnc(NC(=O)CCc2nc(-c3ccc(C(C)C)cc3)no2)s1. The second kappa shape index (κ2) is 7.57. The standard InChI is InChI=1S/C18H20N4O2S/c1-11(2)13-4-6-14(7-5-13)17-21-16(24-22-17)9-8-15(23)20-18-19-10-12(3)25-18/h4-7,10-11H,8-9H2,1-3H3,(H,19,20,23). The fourth-order valence-electron chi connectivity index (χ4n) is 2.31. The predicted molar refractivity (Wildman–Crippen MR) is 97.6 cm³/mol. The smallest absolute Gasteiger partial charge is 0.227 e. The summed E-state index contributed by atoms with van der Waals surface area (Å²) in [6, 6.07) is 8.11. The Hall–Kier alpha value is -2.54. The summed E-state index contributed by atoms with van der Waals surface area (Å²) in [7, 11) is 0. The molecule has 6 nitrogen and oxygen atoms in total. The van der Waals surface area contributed by atoms with E-state index in [0.29, 0.717) is 29.2 Å². The van der Waals surface area contributed by atoms with E-state index in [2.05, 4.69) is 46.4 Å². The maximum absolute atomic E-state index is 11.9. The first-order valence-corrected chi connectivity index (χ1v) is 8.98. The molecule has 2 aromatic heterocycles. The summed E-state index contributed by atoms with van der Waals surface area (Å²) in [5.74, 6) is 1.36. The van der Waals surface area contributed by atoms with E-state index in [9.17, 15) is 4.79 Å². The van der Waals surface area contributed by atoms with E-state index in [0.717, 1.165) is 10.4 Å². The van der Waals surface area contributed by atoms with Gasteiger partial charge in [-0.25, -0.2) is 4.98 Å². The number of carbonyl (C=O) groups is 1. The van der Waals surface area contributed by atoms with Crippen LogP contribution < -0.4 is 5.32 Å². The van der Waals surface area contributed by atoms with Gasteiger partial charge in [-0.05, 0) is 18.4 Å². The van der Waals surface area contributed by atoms with Crippen LogP contribution in [-0.2, 0) is 11.2 Å². The third kappa shape index (κ3) is 4.51. The molecule has 0 aliphatic heterocycles. The Morgan fingerprint density at radius 1 is 1.28 bits per heavy atom. The Labute approximate surface area is 150 Å². The van der Waals surface area contributed by atoms with Crippen molar-refractivity contribution in [3.63, 3.8) is 0 Å². The molecule has 0 aliphatic rings. The number of nitrogens with zero attached hydrogens (tertiary/aromatic N) is 3. The summed E-state index contributed by atoms with van der Waals surface area (Å²) in [6.07, 6.45) is 2.40. The Bertz CT molecular complexity index is 852. The molecule has 0 aliphatic carbocycles. The first kappa shape index (κ1) is 17.3. The van der Waals surface area contributed by atoms with Crippen LogP contribution in [0.1, 0.15) is 42.5 Å². The third-order valence-corrected chi connectivity index (χ3v) is 4.57. The average molecular weight is 356 g/mol. The number of rotatable bonds is 6. The number of carbonyl (C=O) groups excluding carboxylic acids is 1. The number of nitrogens with one attached hydrogen (secondary N) is 1. The second-order valence-corrected chi connectivity index (χ2v) is 7.35. The molecule has 0 saturated carbocycles. The molecule has 0 unspecified atom stereocenters. The monoisotopic (exact) mass is 356 g/mol. The number of aromatic nitrogens is 3. The highest BCUT2D eigenvalue weighted by Gasteiger charge is 2.12. The zero-order valence-corrected chi connectivity index (χ0v) is 15.3. The minimum atomic E-state index is -0.115. The average Bonchev–Trinajstić information content (AvgIpc) is 3.22. The van der Waals surface area contributed by atoms with Crippen LogP contribution in [0.4, 0.5) is 5.13 Å². The van der Waals surface area contributed by atoms with Crippen molar-refractivity contribution in [2.24, 2.45) is 0 Å². The van der Waals surface area contributed by atoms with Gasteiger partial charge in [0.25, 0.3) is 0 Å². The van der Waals surface area contributed by atoms with Crippen LogP contribution in [0.25, 0.3) is 11.4 Å². The van der Waals surface area contributed by atoms with Gasteiger partial charge in [0.2, 0.25) is 17.6 Å². The van der Waals surface area contributed by atoms with Gasteiger partial charge in [0.05, 0.1) is 0 Å². The lowest BCUT2D eigenvalue weighted by molar-refractivity contribution is -0.116. The number of amides is 1. The Kier molecular flexibility index (Phi) is 5.23. The lowest BCUT2D eigenvalue weighted by atomic mass is 10.0. The minimum Gasteiger partial charge on any atom is -0.339 e. The van der Waals surface area contributed by atoms with Gasteiger partial charge in [-0.2, -0.15) is 4.98 Å². The number of hydrogen-bond donors (Lipinski definition) is 1. The zero-order chi connectivity index (χ0) is 17.8. The first-order valence-electron chi connectivity index (χ1n) is 8.16. The van der Waals surface area contributed by atoms with Crippen LogP contribution >= 0.6 is 11.3 Å². The normalized spacial score (nSPS) is 11.0. The first-order chi connectivity index (χ1) is 12.0. The molecule has 1 aromatic carbocycles. The van der Waals surface area contributed by atoms with Gasteiger partial charge in [-0.15, -0.1) is 11.3 Å². The van der Waals surface area contributed by atoms with Gasteiger partial charge >= 0.3 is 0 Å². The van der Waals surface area contributed by atoms with E-state index in [1.165, 1.54) is 16.9 Å². The van der Waals surface area contributed by atoms with E-state index in [1.807, 2.05) is 19.1 Å². The van der Waals surface area contributed by atoms with Crippen molar-refractivity contribution in [3.05, 3.63) is 46.8 Å². The molecule has 0 spiro atoms. The van der Waals surface area contributed by atoms with Crippen LogP contribution in [0.15, 0.2) is 35.0 Å². The quantitative estimate of drug-likeness (QED) is 0.716. The molecule has 3 aromatic rings. The Morgan fingerprint density at radius 2 is 2.04 bits per heavy atom. The van der Waals surface area contributed by atoms with Crippen molar-refractivity contribution < 1.29 is 9.32 Å². The Morgan fingerprint density at radius 3 is 2.68 bits per heavy atom. The largest absolute Gasteiger partial charge is 0.339 e. The molecule has 7 heteroatoms. The summed E-state index contributed by atoms with van der Waals surface area (Å²) < 4.78 is 5.25. The molecule has 2 heterocycles. The van der Waals surface area contributed by atoms with Gasteiger partial charge in [-0.3, -0.25) is 4.79 Å². The summed E-state index contributed by atoms with van der Waals surface area (Å²) in [5, 5.41) is 7.38. The minimum absolute atomic E-state index is 0.115. The molecule has 1 N–H and O–H groups in total. The highest BCUT2D eigenvalue weighted by molar-refractivity contribution is 7.15. The number of anilines is 1. The van der Waals surface area contributed by atoms with Crippen LogP contribution in [-0.4, -0.2) is 21.0 Å². The van der Waals surface area contributed by atoms with Gasteiger partial charge in [0, 0.05) is 29.5 Å². The van der Waals surface area contributed by atoms with Gasteiger partial charge < -0.3 is 9.84 Å².